The van der Waals surface area contributed by atoms with Crippen molar-refractivity contribution in [2.24, 2.45) is 0 Å². The van der Waals surface area contributed by atoms with E-state index in [2.05, 4.69) is 34.3 Å². The van der Waals surface area contributed by atoms with E-state index < -0.39 is 21.3 Å². The van der Waals surface area contributed by atoms with E-state index in [0.717, 1.165) is 56.7 Å². The molecule has 2 N–H and O–H groups in total. The van der Waals surface area contributed by atoms with Gasteiger partial charge in [-0.1, -0.05) is 84.0 Å². The predicted octanol–water partition coefficient (Wildman–Crippen LogP) is 6.54. The molecule has 6 rings (SSSR count). The maximum Gasteiger partial charge on any atom is 0.244 e. The van der Waals surface area contributed by atoms with Crippen LogP contribution in [0.4, 0.5) is 11.5 Å². The molecule has 1 fully saturated rings. The van der Waals surface area contributed by atoms with E-state index in [9.17, 15) is 13.2 Å². The minimum atomic E-state index is -3.61. The van der Waals surface area contributed by atoms with Crippen molar-refractivity contribution in [3.05, 3.63) is 108 Å². The highest BCUT2D eigenvalue weighted by atomic mass is 32.2. The molecule has 42 heavy (non-hydrogen) atoms. The molecule has 0 aliphatic heterocycles. The molecule has 2 heterocycles. The molecular formula is C33H30N4O4S. The van der Waals surface area contributed by atoms with E-state index in [1.807, 2.05) is 85.8 Å². The van der Waals surface area contributed by atoms with Gasteiger partial charge in [-0.05, 0) is 61.1 Å². The fraction of sp³-hybridized carbons (Fsp3) is 0.182. The number of hydrogen-bond acceptors (Lipinski definition) is 7. The van der Waals surface area contributed by atoms with Gasteiger partial charge in [0.1, 0.15) is 17.2 Å². The van der Waals surface area contributed by atoms with Gasteiger partial charge in [0.25, 0.3) is 0 Å². The third-order valence-electron chi connectivity index (χ3n) is 7.67. The number of amides is 1. The van der Waals surface area contributed by atoms with Gasteiger partial charge >= 0.3 is 0 Å². The quantitative estimate of drug-likeness (QED) is 0.215. The topological polar surface area (TPSA) is 114 Å². The van der Waals surface area contributed by atoms with Crippen LogP contribution in [0.5, 0.6) is 0 Å². The highest BCUT2D eigenvalue weighted by molar-refractivity contribution is 7.89. The van der Waals surface area contributed by atoms with Gasteiger partial charge in [-0.15, -0.1) is 0 Å². The molecule has 3 aromatic carbocycles. The third kappa shape index (κ3) is 5.43. The second-order valence-corrected chi connectivity index (χ2v) is 12.5. The lowest BCUT2D eigenvalue weighted by Crippen LogP contribution is -2.38. The lowest BCUT2D eigenvalue weighted by molar-refractivity contribution is -0.121. The molecule has 2 aromatic heterocycles. The number of carbonyl (C=O) groups is 1. The van der Waals surface area contributed by atoms with E-state index >= 15 is 0 Å². The van der Waals surface area contributed by atoms with Crippen molar-refractivity contribution in [3.8, 4) is 33.7 Å². The Morgan fingerprint density at radius 3 is 2.12 bits per heavy atom. The molecule has 1 aliphatic rings. The molecule has 0 spiro atoms. The van der Waals surface area contributed by atoms with Crippen molar-refractivity contribution in [1.82, 2.24) is 14.9 Å². The van der Waals surface area contributed by atoms with Gasteiger partial charge in [-0.25, -0.2) is 13.4 Å². The molecule has 9 heteroatoms. The van der Waals surface area contributed by atoms with Crippen LogP contribution in [0, 0.1) is 13.8 Å². The van der Waals surface area contributed by atoms with Gasteiger partial charge in [0.2, 0.25) is 15.9 Å². The number of nitrogens with zero attached hydrogens (tertiary/aromatic N) is 2. The Bertz CT molecular complexity index is 1890. The van der Waals surface area contributed by atoms with Gasteiger partial charge in [-0.2, -0.15) is 0 Å². The van der Waals surface area contributed by atoms with Gasteiger partial charge in [0, 0.05) is 11.1 Å². The minimum absolute atomic E-state index is 0.467. The van der Waals surface area contributed by atoms with Crippen LogP contribution in [0.15, 0.2) is 95.5 Å². The molecule has 212 valence electrons. The lowest BCUT2D eigenvalue weighted by Gasteiger charge is -2.15. The highest BCUT2D eigenvalue weighted by Crippen LogP contribution is 2.49. The molecule has 8 nitrogen and oxygen atoms in total. The minimum Gasteiger partial charge on any atom is -0.354 e. The van der Waals surface area contributed by atoms with Gasteiger partial charge in [-0.3, -0.25) is 9.52 Å². The Labute approximate surface area is 244 Å². The maximum atomic E-state index is 12.6. The first kappa shape index (κ1) is 27.4. The van der Waals surface area contributed by atoms with E-state index in [4.69, 9.17) is 9.51 Å². The zero-order valence-electron chi connectivity index (χ0n) is 23.5. The van der Waals surface area contributed by atoms with Crippen molar-refractivity contribution in [2.45, 2.75) is 32.1 Å². The highest BCUT2D eigenvalue weighted by Gasteiger charge is 2.52. The number of nitrogens with one attached hydrogen (secondary N) is 2. The van der Waals surface area contributed by atoms with Crippen LogP contribution in [-0.2, 0) is 20.2 Å². The average molecular weight is 579 g/mol. The predicted molar refractivity (Wildman–Crippen MR) is 164 cm³/mol. The van der Waals surface area contributed by atoms with Crippen LogP contribution < -0.4 is 10.0 Å². The summed E-state index contributed by atoms with van der Waals surface area (Å²) in [4.78, 5) is 17.4. The first-order chi connectivity index (χ1) is 20.1. The summed E-state index contributed by atoms with van der Waals surface area (Å²) in [6.45, 7) is 3.96. The Balaban J connectivity index is 1.21. The number of pyridine rings is 1. The third-order valence-corrected chi connectivity index (χ3v) is 8.22. The molecular weight excluding hydrogens is 548 g/mol. The molecule has 0 radical (unpaired) electrons. The van der Waals surface area contributed by atoms with Crippen LogP contribution in [0.3, 0.4) is 0 Å². The largest absolute Gasteiger partial charge is 0.354 e. The summed E-state index contributed by atoms with van der Waals surface area (Å²) in [5.74, 6) is 0.842. The van der Waals surface area contributed by atoms with Crippen LogP contribution in [0.2, 0.25) is 0 Å². The number of aryl methyl sites for hydroxylation is 2. The molecule has 1 aliphatic carbocycles. The molecule has 0 atom stereocenters. The maximum absolute atomic E-state index is 12.6. The van der Waals surface area contributed by atoms with Crippen LogP contribution in [-0.4, -0.2) is 30.7 Å². The second-order valence-electron chi connectivity index (χ2n) is 10.8. The molecule has 0 saturated heterocycles. The second kappa shape index (κ2) is 10.6. The summed E-state index contributed by atoms with van der Waals surface area (Å²) < 4.78 is 31.0. The number of aromatic nitrogens is 2. The Hall–Kier alpha value is -4.76. The smallest absolute Gasteiger partial charge is 0.244 e. The average Bonchev–Trinajstić information content (AvgIpc) is 3.72. The molecule has 0 unspecified atom stereocenters. The van der Waals surface area contributed by atoms with Crippen molar-refractivity contribution in [3.63, 3.8) is 0 Å². The van der Waals surface area contributed by atoms with Crippen LogP contribution in [0.1, 0.15) is 29.7 Å². The molecule has 0 bridgehead atoms. The van der Waals surface area contributed by atoms with Gasteiger partial charge in [0.15, 0.2) is 5.76 Å². The number of rotatable bonds is 8. The van der Waals surface area contributed by atoms with E-state index in [1.54, 1.807) is 0 Å². The van der Waals surface area contributed by atoms with E-state index in [0.29, 0.717) is 24.4 Å². The molecule has 5 aromatic rings. The standard InChI is InChI=1S/C33H30N4O4S/c1-21-7-4-5-8-27(21)28-9-6-10-29(34-28)35-30-22(2)36-41-31(30)25-13-11-23(12-14-25)24-15-17-26(18-16-24)33(19-20-33)32(38)37-42(3,39)40/h4-18H,19-20H2,1-3H3,(H,34,35)(H,37,38). The van der Waals surface area contributed by atoms with Gasteiger partial charge < -0.3 is 9.84 Å². The SMILES string of the molecule is Cc1ccccc1-c1cccc(Nc2c(C)noc2-c2ccc(-c3ccc(C4(C(=O)NS(C)(=O)=O)CC4)cc3)cc2)n1. The fourth-order valence-corrected chi connectivity index (χ4v) is 5.72. The Kier molecular flexibility index (Phi) is 6.90. The monoisotopic (exact) mass is 578 g/mol. The Morgan fingerprint density at radius 1 is 0.833 bits per heavy atom. The van der Waals surface area contributed by atoms with E-state index in [-0.39, 0.29) is 0 Å². The van der Waals surface area contributed by atoms with Crippen molar-refractivity contribution < 1.29 is 17.7 Å². The number of anilines is 2. The fourth-order valence-electron chi connectivity index (χ4n) is 5.19. The first-order valence-electron chi connectivity index (χ1n) is 13.6. The summed E-state index contributed by atoms with van der Waals surface area (Å²) in [5.41, 5.74) is 7.48. The van der Waals surface area contributed by atoms with Crippen molar-refractivity contribution >= 4 is 27.4 Å². The number of carbonyl (C=O) groups excluding carboxylic acids is 1. The first-order valence-corrected chi connectivity index (χ1v) is 15.5. The molecule has 1 saturated carbocycles. The summed E-state index contributed by atoms with van der Waals surface area (Å²) in [7, 11) is -3.61. The van der Waals surface area contributed by atoms with E-state index in [1.165, 1.54) is 0 Å². The summed E-state index contributed by atoms with van der Waals surface area (Å²) in [6, 6.07) is 29.7. The summed E-state index contributed by atoms with van der Waals surface area (Å²) >= 11 is 0. The van der Waals surface area contributed by atoms with Crippen LogP contribution in [0.25, 0.3) is 33.7 Å². The van der Waals surface area contributed by atoms with Crippen LogP contribution >= 0.6 is 0 Å². The van der Waals surface area contributed by atoms with Gasteiger partial charge in [0.05, 0.1) is 17.4 Å². The van der Waals surface area contributed by atoms with Crippen molar-refractivity contribution in [2.75, 3.05) is 11.6 Å². The number of benzene rings is 3. The normalized spacial score (nSPS) is 13.9. The Morgan fingerprint density at radius 2 is 1.48 bits per heavy atom. The summed E-state index contributed by atoms with van der Waals surface area (Å²) in [6.07, 6.45) is 2.25. The summed E-state index contributed by atoms with van der Waals surface area (Å²) in [5, 5.41) is 7.61. The number of sulfonamides is 1. The molecule has 1 amide bonds. The number of hydrogen-bond donors (Lipinski definition) is 2. The zero-order chi connectivity index (χ0) is 29.5. The zero-order valence-corrected chi connectivity index (χ0v) is 24.3. The lowest BCUT2D eigenvalue weighted by atomic mass is 9.93. The van der Waals surface area contributed by atoms with Crippen molar-refractivity contribution in [1.29, 1.82) is 0 Å².